The molecule has 3 nitrogen and oxygen atoms in total. The number of hydrogen-bond donors (Lipinski definition) is 0. The van der Waals surface area contributed by atoms with E-state index in [0.717, 1.165) is 17.5 Å². The van der Waals surface area contributed by atoms with Gasteiger partial charge >= 0.3 is 0 Å². The normalized spacial score (nSPS) is 10.0. The van der Waals surface area contributed by atoms with Crippen molar-refractivity contribution in [1.82, 2.24) is 9.78 Å². The molecular formula is C13H13N3. The van der Waals surface area contributed by atoms with Crippen molar-refractivity contribution in [1.29, 1.82) is 5.26 Å². The fourth-order valence-electron chi connectivity index (χ4n) is 1.62. The minimum absolute atomic E-state index is 0.656. The highest BCUT2D eigenvalue weighted by Crippen LogP contribution is 2.09. The molecule has 3 heteroatoms. The Morgan fingerprint density at radius 3 is 2.88 bits per heavy atom. The van der Waals surface area contributed by atoms with E-state index in [1.807, 2.05) is 41.3 Å². The van der Waals surface area contributed by atoms with Gasteiger partial charge in [-0.1, -0.05) is 25.1 Å². The molecule has 0 amide bonds. The summed E-state index contributed by atoms with van der Waals surface area (Å²) in [6.07, 6.45) is 4.88. The molecule has 0 atom stereocenters. The van der Waals surface area contributed by atoms with Crippen LogP contribution in [-0.4, -0.2) is 9.78 Å². The molecule has 0 saturated heterocycles. The van der Waals surface area contributed by atoms with E-state index in [9.17, 15) is 0 Å². The van der Waals surface area contributed by atoms with E-state index >= 15 is 0 Å². The van der Waals surface area contributed by atoms with Crippen LogP contribution in [-0.2, 0) is 13.0 Å². The zero-order valence-corrected chi connectivity index (χ0v) is 9.22. The van der Waals surface area contributed by atoms with E-state index in [-0.39, 0.29) is 0 Å². The van der Waals surface area contributed by atoms with Crippen molar-refractivity contribution in [3.8, 4) is 6.07 Å². The van der Waals surface area contributed by atoms with Crippen molar-refractivity contribution in [2.75, 3.05) is 0 Å². The maximum atomic E-state index is 8.97. The lowest BCUT2D eigenvalue weighted by Crippen LogP contribution is -2.01. The summed E-state index contributed by atoms with van der Waals surface area (Å²) in [5.41, 5.74) is 2.95. The summed E-state index contributed by atoms with van der Waals surface area (Å²) in [5.74, 6) is 0. The van der Waals surface area contributed by atoms with Crippen LogP contribution in [0.2, 0.25) is 0 Å². The second kappa shape index (κ2) is 4.63. The van der Waals surface area contributed by atoms with Crippen LogP contribution in [0, 0.1) is 11.3 Å². The molecular weight excluding hydrogens is 198 g/mol. The highest BCUT2D eigenvalue weighted by Gasteiger charge is 2.02. The molecule has 1 aromatic carbocycles. The molecule has 0 radical (unpaired) electrons. The van der Waals surface area contributed by atoms with Gasteiger partial charge in [0.05, 0.1) is 24.4 Å². The summed E-state index contributed by atoms with van der Waals surface area (Å²) in [7, 11) is 0. The molecule has 2 rings (SSSR count). The molecule has 1 aromatic heterocycles. The Bertz CT molecular complexity index is 520. The first-order valence-electron chi connectivity index (χ1n) is 5.33. The number of nitrogens with zero attached hydrogens (tertiary/aromatic N) is 3. The number of hydrogen-bond acceptors (Lipinski definition) is 2. The van der Waals surface area contributed by atoms with Gasteiger partial charge in [0.2, 0.25) is 0 Å². The molecule has 80 valence electrons. The van der Waals surface area contributed by atoms with Crippen molar-refractivity contribution < 1.29 is 0 Å². The highest BCUT2D eigenvalue weighted by atomic mass is 15.3. The van der Waals surface area contributed by atoms with Crippen LogP contribution in [0.15, 0.2) is 36.7 Å². The van der Waals surface area contributed by atoms with E-state index in [0.29, 0.717) is 6.54 Å². The first kappa shape index (κ1) is 10.4. The minimum atomic E-state index is 0.656. The van der Waals surface area contributed by atoms with Crippen LogP contribution in [0.1, 0.15) is 23.6 Å². The van der Waals surface area contributed by atoms with Crippen molar-refractivity contribution in [3.63, 3.8) is 0 Å². The summed E-state index contributed by atoms with van der Waals surface area (Å²) in [6, 6.07) is 9.81. The predicted octanol–water partition coefficient (Wildman–Crippen LogP) is 2.37. The van der Waals surface area contributed by atoms with E-state index in [2.05, 4.69) is 18.1 Å². The number of aryl methyl sites for hydroxylation is 1. The Hall–Kier alpha value is -2.08. The number of benzene rings is 1. The molecule has 0 N–H and O–H groups in total. The molecule has 0 saturated carbocycles. The average molecular weight is 211 g/mol. The van der Waals surface area contributed by atoms with E-state index in [1.165, 1.54) is 5.56 Å². The van der Waals surface area contributed by atoms with Gasteiger partial charge in [-0.15, -0.1) is 0 Å². The maximum absolute atomic E-state index is 8.97. The number of rotatable bonds is 3. The van der Waals surface area contributed by atoms with E-state index in [1.54, 1.807) is 0 Å². The second-order valence-electron chi connectivity index (χ2n) is 3.67. The van der Waals surface area contributed by atoms with E-state index < -0.39 is 0 Å². The van der Waals surface area contributed by atoms with Gasteiger partial charge in [0, 0.05) is 6.20 Å². The zero-order chi connectivity index (χ0) is 11.4. The summed E-state index contributed by atoms with van der Waals surface area (Å²) in [6.45, 7) is 2.76. The van der Waals surface area contributed by atoms with Crippen LogP contribution >= 0.6 is 0 Å². The van der Waals surface area contributed by atoms with Crippen molar-refractivity contribution in [3.05, 3.63) is 53.3 Å². The molecule has 0 aliphatic rings. The molecule has 0 aliphatic heterocycles. The maximum Gasteiger partial charge on any atom is 0.0995 e. The topological polar surface area (TPSA) is 41.6 Å². The summed E-state index contributed by atoms with van der Waals surface area (Å²) < 4.78 is 1.87. The Balaban J connectivity index is 2.24. The zero-order valence-electron chi connectivity index (χ0n) is 9.22. The first-order chi connectivity index (χ1) is 7.83. The number of aromatic nitrogens is 2. The molecule has 16 heavy (non-hydrogen) atoms. The van der Waals surface area contributed by atoms with Crippen LogP contribution in [0.5, 0.6) is 0 Å². The molecule has 0 aliphatic carbocycles. The molecule has 1 heterocycles. The molecule has 0 fully saturated rings. The third-order valence-electron chi connectivity index (χ3n) is 2.57. The van der Waals surface area contributed by atoms with Crippen LogP contribution in [0.25, 0.3) is 0 Å². The third-order valence-corrected chi connectivity index (χ3v) is 2.57. The first-order valence-corrected chi connectivity index (χ1v) is 5.33. The monoisotopic (exact) mass is 211 g/mol. The fourth-order valence-corrected chi connectivity index (χ4v) is 1.62. The van der Waals surface area contributed by atoms with Gasteiger partial charge in [-0.05, 0) is 23.6 Å². The third kappa shape index (κ3) is 2.12. The van der Waals surface area contributed by atoms with Gasteiger partial charge in [-0.25, -0.2) is 0 Å². The standard InChI is InChI=1S/C13H13N3/c1-2-11-8-15-16(9-11)10-13-6-4-3-5-12(13)7-14/h3-6,8-9H,2,10H2,1H3. The lowest BCUT2D eigenvalue weighted by atomic mass is 10.1. The minimum Gasteiger partial charge on any atom is -0.268 e. The quantitative estimate of drug-likeness (QED) is 0.782. The lowest BCUT2D eigenvalue weighted by Gasteiger charge is -2.03. The second-order valence-corrected chi connectivity index (χ2v) is 3.67. The van der Waals surface area contributed by atoms with Gasteiger partial charge in [-0.2, -0.15) is 10.4 Å². The Morgan fingerprint density at radius 2 is 2.19 bits per heavy atom. The molecule has 2 aromatic rings. The van der Waals surface area contributed by atoms with E-state index in [4.69, 9.17) is 5.26 Å². The fraction of sp³-hybridized carbons (Fsp3) is 0.231. The van der Waals surface area contributed by atoms with Crippen molar-refractivity contribution in [2.45, 2.75) is 19.9 Å². The highest BCUT2D eigenvalue weighted by molar-refractivity contribution is 5.37. The predicted molar refractivity (Wildman–Crippen MR) is 61.9 cm³/mol. The average Bonchev–Trinajstić information content (AvgIpc) is 2.77. The van der Waals surface area contributed by atoms with Crippen LogP contribution in [0.4, 0.5) is 0 Å². The lowest BCUT2D eigenvalue weighted by molar-refractivity contribution is 0.685. The van der Waals surface area contributed by atoms with Crippen LogP contribution in [0.3, 0.4) is 0 Å². The van der Waals surface area contributed by atoms with Gasteiger partial charge in [-0.3, -0.25) is 4.68 Å². The largest absolute Gasteiger partial charge is 0.268 e. The molecule has 0 bridgehead atoms. The number of nitriles is 1. The SMILES string of the molecule is CCc1cnn(Cc2ccccc2C#N)c1. The van der Waals surface area contributed by atoms with Crippen LogP contribution < -0.4 is 0 Å². The Morgan fingerprint density at radius 1 is 1.38 bits per heavy atom. The summed E-state index contributed by atoms with van der Waals surface area (Å²) in [5, 5.41) is 13.2. The van der Waals surface area contributed by atoms with Gasteiger partial charge in [0.1, 0.15) is 0 Å². The van der Waals surface area contributed by atoms with Gasteiger partial charge in [0.15, 0.2) is 0 Å². The van der Waals surface area contributed by atoms with Gasteiger partial charge < -0.3 is 0 Å². The Kier molecular flexibility index (Phi) is 3.02. The Labute approximate surface area is 94.9 Å². The molecule has 0 spiro atoms. The molecule has 0 unspecified atom stereocenters. The smallest absolute Gasteiger partial charge is 0.0995 e. The van der Waals surface area contributed by atoms with Crippen molar-refractivity contribution >= 4 is 0 Å². The summed E-state index contributed by atoms with van der Waals surface area (Å²) >= 11 is 0. The summed E-state index contributed by atoms with van der Waals surface area (Å²) in [4.78, 5) is 0. The van der Waals surface area contributed by atoms with Crippen molar-refractivity contribution in [2.24, 2.45) is 0 Å². The van der Waals surface area contributed by atoms with Gasteiger partial charge in [0.25, 0.3) is 0 Å².